The Morgan fingerprint density at radius 1 is 1.23 bits per heavy atom. The summed E-state index contributed by atoms with van der Waals surface area (Å²) >= 11 is 0. The number of carbonyl (C=O) groups excluding carboxylic acids is 1. The van der Waals surface area contributed by atoms with Crippen molar-refractivity contribution < 1.29 is 9.53 Å². The van der Waals surface area contributed by atoms with Crippen LogP contribution in [-0.4, -0.2) is 51.2 Å². The van der Waals surface area contributed by atoms with Gasteiger partial charge in [0.05, 0.1) is 5.69 Å². The van der Waals surface area contributed by atoms with Crippen LogP contribution in [0.3, 0.4) is 0 Å². The molecule has 182 valence electrons. The Kier molecular flexibility index (Phi) is 5.48. The van der Waals surface area contributed by atoms with E-state index >= 15 is 0 Å². The highest BCUT2D eigenvalue weighted by atomic mass is 16.5. The average Bonchev–Trinajstić information content (AvgIpc) is 3.63. The standard InChI is InChI=1S/C27H32N6O2/c1-18(19-5-3-2-4-6-19)35-23-13-20(15-29-26(23)28)22-14-24-27(10-12-33(24)31-22)9-11-32(17-27)16-21-7-8-25(34)30-21/h2-6,13-15,18,21H,7-12,16-17H2,1H3,(H2,28,29)(H,30,34)/t18?,21-,27+/m0/s1. The second-order valence-electron chi connectivity index (χ2n) is 10.2. The number of pyridine rings is 1. The van der Waals surface area contributed by atoms with Gasteiger partial charge in [-0.1, -0.05) is 30.3 Å². The maximum Gasteiger partial charge on any atom is 0.220 e. The van der Waals surface area contributed by atoms with Crippen molar-refractivity contribution >= 4 is 11.7 Å². The van der Waals surface area contributed by atoms with Gasteiger partial charge < -0.3 is 20.7 Å². The number of hydrogen-bond acceptors (Lipinski definition) is 6. The number of benzene rings is 1. The van der Waals surface area contributed by atoms with Gasteiger partial charge in [0.2, 0.25) is 5.91 Å². The molecule has 3 atom stereocenters. The molecule has 1 amide bonds. The van der Waals surface area contributed by atoms with E-state index < -0.39 is 0 Å². The van der Waals surface area contributed by atoms with Gasteiger partial charge in [-0.2, -0.15) is 5.10 Å². The van der Waals surface area contributed by atoms with Crippen LogP contribution in [0.4, 0.5) is 5.82 Å². The van der Waals surface area contributed by atoms with Crippen LogP contribution >= 0.6 is 0 Å². The summed E-state index contributed by atoms with van der Waals surface area (Å²) in [6.07, 6.45) is 5.49. The quantitative estimate of drug-likeness (QED) is 0.571. The number of nitrogen functional groups attached to an aromatic ring is 1. The second kappa shape index (κ2) is 8.68. The fourth-order valence-electron chi connectivity index (χ4n) is 5.93. The Morgan fingerprint density at radius 3 is 2.86 bits per heavy atom. The van der Waals surface area contributed by atoms with E-state index in [0.717, 1.165) is 62.3 Å². The summed E-state index contributed by atoms with van der Waals surface area (Å²) in [6.45, 7) is 5.97. The molecule has 2 aromatic heterocycles. The Hall–Kier alpha value is -3.39. The lowest BCUT2D eigenvalue weighted by molar-refractivity contribution is -0.119. The van der Waals surface area contributed by atoms with Crippen molar-refractivity contribution in [2.45, 2.75) is 56.7 Å². The maximum atomic E-state index is 11.6. The molecule has 3 aliphatic rings. The average molecular weight is 473 g/mol. The number of nitrogens with zero attached hydrogens (tertiary/aromatic N) is 4. The second-order valence-corrected chi connectivity index (χ2v) is 10.2. The zero-order chi connectivity index (χ0) is 24.0. The summed E-state index contributed by atoms with van der Waals surface area (Å²) in [5.74, 6) is 1.14. The summed E-state index contributed by atoms with van der Waals surface area (Å²) < 4.78 is 8.36. The number of aryl methyl sites for hydroxylation is 1. The normalized spacial score (nSPS) is 24.6. The SMILES string of the molecule is CC(Oc1cc(-c2cc3n(n2)CC[C@@]32CCN(C[C@@H]3CCC(=O)N3)C2)cnc1N)c1ccccc1. The van der Waals surface area contributed by atoms with E-state index in [1.807, 2.05) is 43.3 Å². The van der Waals surface area contributed by atoms with E-state index in [1.54, 1.807) is 6.20 Å². The molecule has 1 unspecified atom stereocenters. The van der Waals surface area contributed by atoms with Crippen molar-refractivity contribution in [3.05, 3.63) is 59.9 Å². The molecule has 2 saturated heterocycles. The molecule has 0 radical (unpaired) electrons. The van der Waals surface area contributed by atoms with Gasteiger partial charge in [-0.3, -0.25) is 9.48 Å². The minimum absolute atomic E-state index is 0.135. The summed E-state index contributed by atoms with van der Waals surface area (Å²) in [6, 6.07) is 14.6. The van der Waals surface area contributed by atoms with Gasteiger partial charge in [0.1, 0.15) is 6.10 Å². The highest BCUT2D eigenvalue weighted by Gasteiger charge is 2.46. The third-order valence-electron chi connectivity index (χ3n) is 7.87. The van der Waals surface area contributed by atoms with Crippen LogP contribution in [0.5, 0.6) is 5.75 Å². The number of likely N-dealkylation sites (tertiary alicyclic amines) is 1. The lowest BCUT2D eigenvalue weighted by Gasteiger charge is -2.25. The Morgan fingerprint density at radius 2 is 2.06 bits per heavy atom. The van der Waals surface area contributed by atoms with Crippen molar-refractivity contribution in [1.82, 2.24) is 25.0 Å². The largest absolute Gasteiger partial charge is 0.482 e. The highest BCUT2D eigenvalue weighted by Crippen LogP contribution is 2.44. The van der Waals surface area contributed by atoms with Gasteiger partial charge in [-0.25, -0.2) is 4.98 Å². The van der Waals surface area contributed by atoms with E-state index in [2.05, 4.69) is 25.9 Å². The first-order chi connectivity index (χ1) is 17.0. The van der Waals surface area contributed by atoms with E-state index in [9.17, 15) is 4.79 Å². The first kappa shape index (κ1) is 22.1. The fourth-order valence-corrected chi connectivity index (χ4v) is 5.93. The number of nitrogens with two attached hydrogens (primary N) is 1. The number of hydrogen-bond donors (Lipinski definition) is 2. The number of carbonyl (C=O) groups is 1. The summed E-state index contributed by atoms with van der Waals surface area (Å²) in [5, 5.41) is 8.04. The van der Waals surface area contributed by atoms with Gasteiger partial charge >= 0.3 is 0 Å². The molecule has 5 heterocycles. The first-order valence-electron chi connectivity index (χ1n) is 12.6. The third kappa shape index (κ3) is 4.16. The van der Waals surface area contributed by atoms with Crippen LogP contribution < -0.4 is 15.8 Å². The highest BCUT2D eigenvalue weighted by molar-refractivity contribution is 5.78. The molecule has 8 heteroatoms. The molecular weight excluding hydrogens is 440 g/mol. The number of fused-ring (bicyclic) bond motifs is 2. The zero-order valence-corrected chi connectivity index (χ0v) is 20.1. The van der Waals surface area contributed by atoms with Gasteiger partial charge in [-0.05, 0) is 50.4 Å². The van der Waals surface area contributed by atoms with Crippen LogP contribution in [0, 0.1) is 0 Å². The Bertz CT molecular complexity index is 1240. The van der Waals surface area contributed by atoms with Crippen molar-refractivity contribution in [3.8, 4) is 17.0 Å². The summed E-state index contributed by atoms with van der Waals surface area (Å²) in [5.41, 5.74) is 10.5. The van der Waals surface area contributed by atoms with Crippen LogP contribution in [-0.2, 0) is 16.8 Å². The molecule has 0 bridgehead atoms. The van der Waals surface area contributed by atoms with Gasteiger partial charge in [0.15, 0.2) is 11.6 Å². The topological polar surface area (TPSA) is 98.3 Å². The van der Waals surface area contributed by atoms with E-state index in [1.165, 1.54) is 5.69 Å². The number of ether oxygens (including phenoxy) is 1. The lowest BCUT2D eigenvalue weighted by Crippen LogP contribution is -2.39. The Balaban J connectivity index is 1.20. The molecule has 35 heavy (non-hydrogen) atoms. The van der Waals surface area contributed by atoms with Crippen molar-refractivity contribution in [2.24, 2.45) is 0 Å². The minimum atomic E-state index is -0.139. The van der Waals surface area contributed by atoms with Crippen molar-refractivity contribution in [2.75, 3.05) is 25.4 Å². The molecule has 0 saturated carbocycles. The van der Waals surface area contributed by atoms with E-state index in [0.29, 0.717) is 18.0 Å². The number of anilines is 1. The smallest absolute Gasteiger partial charge is 0.220 e. The van der Waals surface area contributed by atoms with Crippen LogP contribution in [0.25, 0.3) is 11.3 Å². The Labute approximate surface area is 205 Å². The molecule has 2 fully saturated rings. The molecule has 8 nitrogen and oxygen atoms in total. The van der Waals surface area contributed by atoms with Crippen LogP contribution in [0.2, 0.25) is 0 Å². The molecule has 3 aliphatic heterocycles. The summed E-state index contributed by atoms with van der Waals surface area (Å²) in [7, 11) is 0. The van der Waals surface area contributed by atoms with Gasteiger partial charge in [-0.15, -0.1) is 0 Å². The van der Waals surface area contributed by atoms with Crippen molar-refractivity contribution in [1.29, 1.82) is 0 Å². The molecule has 1 spiro atoms. The molecular formula is C27H32N6O2. The third-order valence-corrected chi connectivity index (χ3v) is 7.87. The van der Waals surface area contributed by atoms with Gasteiger partial charge in [0.25, 0.3) is 0 Å². The lowest BCUT2D eigenvalue weighted by atomic mass is 9.82. The van der Waals surface area contributed by atoms with Crippen LogP contribution in [0.1, 0.15) is 50.0 Å². The fraction of sp³-hybridized carbons (Fsp3) is 0.444. The predicted molar refractivity (Wildman–Crippen MR) is 134 cm³/mol. The van der Waals surface area contributed by atoms with E-state index in [4.69, 9.17) is 15.6 Å². The molecule has 0 aliphatic carbocycles. The monoisotopic (exact) mass is 472 g/mol. The number of nitrogens with one attached hydrogen (secondary N) is 1. The first-order valence-corrected chi connectivity index (χ1v) is 12.6. The maximum absolute atomic E-state index is 11.6. The van der Waals surface area contributed by atoms with Crippen LogP contribution in [0.15, 0.2) is 48.7 Å². The molecule has 1 aromatic carbocycles. The zero-order valence-electron chi connectivity index (χ0n) is 20.1. The number of amides is 1. The van der Waals surface area contributed by atoms with Crippen molar-refractivity contribution in [3.63, 3.8) is 0 Å². The minimum Gasteiger partial charge on any atom is -0.482 e. The number of aromatic nitrogens is 3. The predicted octanol–water partition coefficient (Wildman–Crippen LogP) is 3.29. The number of rotatable bonds is 6. The molecule has 3 aromatic rings. The van der Waals surface area contributed by atoms with Gasteiger partial charge in [0, 0.05) is 55.0 Å². The molecule has 3 N–H and O–H groups in total. The summed E-state index contributed by atoms with van der Waals surface area (Å²) in [4.78, 5) is 18.5. The van der Waals surface area contributed by atoms with E-state index in [-0.39, 0.29) is 23.5 Å². The molecule has 6 rings (SSSR count).